The fraction of sp³-hybridized carbons (Fsp3) is 0.412. The summed E-state index contributed by atoms with van der Waals surface area (Å²) in [5, 5.41) is 14.8. The van der Waals surface area contributed by atoms with Crippen molar-refractivity contribution in [2.75, 3.05) is 0 Å². The molecule has 24 heavy (non-hydrogen) atoms. The summed E-state index contributed by atoms with van der Waals surface area (Å²) in [5.41, 5.74) is 1.57. The van der Waals surface area contributed by atoms with E-state index in [0.29, 0.717) is 5.56 Å². The van der Waals surface area contributed by atoms with Crippen molar-refractivity contribution in [2.24, 2.45) is 0 Å². The molecule has 0 bridgehead atoms. The van der Waals surface area contributed by atoms with Gasteiger partial charge in [-0.1, -0.05) is 18.2 Å². The Labute approximate surface area is 144 Å². The second-order valence-corrected chi connectivity index (χ2v) is 7.10. The first-order valence-corrected chi connectivity index (χ1v) is 8.86. The number of aryl methyl sites for hydroxylation is 2. The van der Waals surface area contributed by atoms with Crippen LogP contribution in [-0.2, 0) is 24.1 Å². The molecule has 2 aromatic rings. The van der Waals surface area contributed by atoms with Crippen molar-refractivity contribution in [1.82, 2.24) is 10.3 Å². The average molecular weight is 345 g/mol. The maximum absolute atomic E-state index is 12.3. The van der Waals surface area contributed by atoms with Gasteiger partial charge in [-0.25, -0.2) is 4.98 Å². The summed E-state index contributed by atoms with van der Waals surface area (Å²) < 4.78 is 0. The number of rotatable bonds is 5. The molecular weight excluding hydrogens is 326 g/mol. The third-order valence-corrected chi connectivity index (χ3v) is 5.49. The van der Waals surface area contributed by atoms with E-state index in [0.717, 1.165) is 17.8 Å². The molecule has 7 heteroatoms. The van der Waals surface area contributed by atoms with Gasteiger partial charge in [0.15, 0.2) is 0 Å². The number of benzene rings is 1. The van der Waals surface area contributed by atoms with E-state index in [4.69, 9.17) is 0 Å². The van der Waals surface area contributed by atoms with Gasteiger partial charge >= 0.3 is 0 Å². The number of nitro benzene ring substituents is 1. The number of hydrogen-bond donors (Lipinski definition) is 1. The lowest BCUT2D eigenvalue weighted by molar-refractivity contribution is -0.385. The predicted octanol–water partition coefficient (Wildman–Crippen LogP) is 3.35. The highest BCUT2D eigenvalue weighted by molar-refractivity contribution is 7.11. The summed E-state index contributed by atoms with van der Waals surface area (Å²) in [6.45, 7) is 1.90. The highest BCUT2D eigenvalue weighted by Crippen LogP contribution is 2.29. The Bertz CT molecular complexity index is 749. The van der Waals surface area contributed by atoms with Crippen LogP contribution in [0.15, 0.2) is 24.3 Å². The van der Waals surface area contributed by atoms with Crippen LogP contribution in [0.5, 0.6) is 0 Å². The number of nitrogens with one attached hydrogen (secondary N) is 1. The molecule has 6 nitrogen and oxygen atoms in total. The van der Waals surface area contributed by atoms with Gasteiger partial charge in [-0.2, -0.15) is 0 Å². The highest BCUT2D eigenvalue weighted by atomic mass is 32.1. The summed E-state index contributed by atoms with van der Waals surface area (Å²) >= 11 is 1.67. The van der Waals surface area contributed by atoms with Crippen molar-refractivity contribution < 1.29 is 9.72 Å². The van der Waals surface area contributed by atoms with Crippen molar-refractivity contribution in [3.8, 4) is 0 Å². The molecule has 0 saturated carbocycles. The first-order valence-electron chi connectivity index (χ1n) is 8.04. The van der Waals surface area contributed by atoms with Gasteiger partial charge in [-0.3, -0.25) is 14.9 Å². The number of carbonyl (C=O) groups excluding carboxylic acids is 1. The fourth-order valence-corrected chi connectivity index (χ4v) is 4.08. The molecule has 0 saturated heterocycles. The number of thiazole rings is 1. The predicted molar refractivity (Wildman–Crippen MR) is 92.1 cm³/mol. The summed E-state index contributed by atoms with van der Waals surface area (Å²) in [6.07, 6.45) is 4.46. The normalized spacial score (nSPS) is 14.7. The minimum Gasteiger partial charge on any atom is -0.347 e. The standard InChI is InChI=1S/C17H19N3O3S/c1-11(17-19-13-7-3-5-9-15(13)24-17)18-16(21)10-12-6-2-4-8-14(12)20(22)23/h2,4,6,8,11H,3,5,7,9-10H2,1H3,(H,18,21)/t11-/m1/s1. The van der Waals surface area contributed by atoms with Crippen LogP contribution in [-0.4, -0.2) is 15.8 Å². The molecule has 3 rings (SSSR count). The zero-order valence-electron chi connectivity index (χ0n) is 13.4. The van der Waals surface area contributed by atoms with E-state index >= 15 is 0 Å². The number of carbonyl (C=O) groups is 1. The molecule has 1 atom stereocenters. The van der Waals surface area contributed by atoms with Crippen LogP contribution in [0, 0.1) is 10.1 Å². The Morgan fingerprint density at radius 1 is 1.38 bits per heavy atom. The molecule has 1 heterocycles. The molecule has 126 valence electrons. The first-order chi connectivity index (χ1) is 11.5. The SMILES string of the molecule is C[C@@H](NC(=O)Cc1ccccc1[N+](=O)[O-])c1nc2c(s1)CCCC2. The Balaban J connectivity index is 1.66. The topological polar surface area (TPSA) is 85.1 Å². The number of para-hydroxylation sites is 1. The number of aromatic nitrogens is 1. The van der Waals surface area contributed by atoms with Crippen molar-refractivity contribution in [3.63, 3.8) is 0 Å². The second kappa shape index (κ2) is 7.09. The van der Waals surface area contributed by atoms with Crippen LogP contribution in [0.2, 0.25) is 0 Å². The molecule has 1 aliphatic rings. The van der Waals surface area contributed by atoms with Gasteiger partial charge in [0.2, 0.25) is 5.91 Å². The second-order valence-electron chi connectivity index (χ2n) is 5.98. The Hall–Kier alpha value is -2.28. The molecule has 1 amide bonds. The van der Waals surface area contributed by atoms with Crippen molar-refractivity contribution in [1.29, 1.82) is 0 Å². The molecule has 0 aliphatic heterocycles. The minimum absolute atomic E-state index is 0.00736. The highest BCUT2D eigenvalue weighted by Gasteiger charge is 2.21. The van der Waals surface area contributed by atoms with Crippen LogP contribution in [0.25, 0.3) is 0 Å². The zero-order chi connectivity index (χ0) is 17.1. The maximum atomic E-state index is 12.3. The van der Waals surface area contributed by atoms with Crippen molar-refractivity contribution in [3.05, 3.63) is 55.5 Å². The maximum Gasteiger partial charge on any atom is 0.273 e. The number of nitrogens with zero attached hydrogens (tertiary/aromatic N) is 2. The van der Waals surface area contributed by atoms with Crippen LogP contribution in [0.3, 0.4) is 0 Å². The Morgan fingerprint density at radius 3 is 2.88 bits per heavy atom. The van der Waals surface area contributed by atoms with Gasteiger partial charge in [0.25, 0.3) is 5.69 Å². The van der Waals surface area contributed by atoms with Gasteiger partial charge in [-0.15, -0.1) is 11.3 Å². The number of hydrogen-bond acceptors (Lipinski definition) is 5. The number of amides is 1. The molecule has 0 unspecified atom stereocenters. The summed E-state index contributed by atoms with van der Waals surface area (Å²) in [6, 6.07) is 6.15. The molecular formula is C17H19N3O3S. The average Bonchev–Trinajstić information content (AvgIpc) is 2.99. The van der Waals surface area contributed by atoms with E-state index in [9.17, 15) is 14.9 Å². The monoisotopic (exact) mass is 345 g/mol. The minimum atomic E-state index is -0.457. The Kier molecular flexibility index (Phi) is 4.89. The van der Waals surface area contributed by atoms with E-state index < -0.39 is 4.92 Å². The van der Waals surface area contributed by atoms with Gasteiger partial charge in [-0.05, 0) is 32.6 Å². The smallest absolute Gasteiger partial charge is 0.273 e. The van der Waals surface area contributed by atoms with Gasteiger partial charge in [0.05, 0.1) is 23.1 Å². The Morgan fingerprint density at radius 2 is 2.12 bits per heavy atom. The molecule has 0 spiro atoms. The van der Waals surface area contributed by atoms with Crippen LogP contribution in [0.1, 0.15) is 46.9 Å². The van der Waals surface area contributed by atoms with Crippen LogP contribution < -0.4 is 5.32 Å². The van der Waals surface area contributed by atoms with Crippen LogP contribution in [0.4, 0.5) is 5.69 Å². The lowest BCUT2D eigenvalue weighted by atomic mass is 10.0. The van der Waals surface area contributed by atoms with Crippen molar-refractivity contribution >= 4 is 22.9 Å². The summed E-state index contributed by atoms with van der Waals surface area (Å²) in [5.74, 6) is -0.232. The van der Waals surface area contributed by atoms with Crippen molar-refractivity contribution in [2.45, 2.75) is 45.1 Å². The molecule has 1 aromatic heterocycles. The lowest BCUT2D eigenvalue weighted by Crippen LogP contribution is -2.28. The summed E-state index contributed by atoms with van der Waals surface area (Å²) in [7, 11) is 0. The van der Waals surface area contributed by atoms with Crippen LogP contribution >= 0.6 is 11.3 Å². The number of nitro groups is 1. The summed E-state index contributed by atoms with van der Waals surface area (Å²) in [4.78, 5) is 28.8. The lowest BCUT2D eigenvalue weighted by Gasteiger charge is -2.11. The van der Waals surface area contributed by atoms with E-state index in [1.54, 1.807) is 29.5 Å². The van der Waals surface area contributed by atoms with Gasteiger partial charge < -0.3 is 5.32 Å². The molecule has 1 N–H and O–H groups in total. The van der Waals surface area contributed by atoms with E-state index in [2.05, 4.69) is 10.3 Å². The number of fused-ring (bicyclic) bond motifs is 1. The molecule has 1 aromatic carbocycles. The third kappa shape index (κ3) is 3.62. The van der Waals surface area contributed by atoms with E-state index in [1.165, 1.54) is 29.5 Å². The third-order valence-electron chi connectivity index (χ3n) is 4.15. The van der Waals surface area contributed by atoms with E-state index in [-0.39, 0.29) is 24.1 Å². The van der Waals surface area contributed by atoms with Gasteiger partial charge in [0.1, 0.15) is 5.01 Å². The molecule has 0 radical (unpaired) electrons. The first kappa shape index (κ1) is 16.6. The largest absolute Gasteiger partial charge is 0.347 e. The zero-order valence-corrected chi connectivity index (χ0v) is 14.3. The fourth-order valence-electron chi connectivity index (χ4n) is 2.92. The quantitative estimate of drug-likeness (QED) is 0.665. The molecule has 0 fully saturated rings. The molecule has 1 aliphatic carbocycles. The van der Waals surface area contributed by atoms with E-state index in [1.807, 2.05) is 6.92 Å². The van der Waals surface area contributed by atoms with Gasteiger partial charge in [0, 0.05) is 16.5 Å².